The van der Waals surface area contributed by atoms with E-state index in [4.69, 9.17) is 9.47 Å². The molecule has 0 aliphatic rings. The molecule has 0 N–H and O–H groups in total. The van der Waals surface area contributed by atoms with Gasteiger partial charge >= 0.3 is 0 Å². The molecule has 0 atom stereocenters. The van der Waals surface area contributed by atoms with Crippen molar-refractivity contribution in [2.75, 3.05) is 26.4 Å². The first-order valence-corrected chi connectivity index (χ1v) is 5.21. The highest BCUT2D eigenvalue weighted by molar-refractivity contribution is 5.37. The van der Waals surface area contributed by atoms with E-state index in [1.165, 1.54) is 24.3 Å². The Morgan fingerprint density at radius 3 is 1.20 bits per heavy atom. The van der Waals surface area contributed by atoms with Crippen molar-refractivity contribution in [1.29, 1.82) is 0 Å². The molecule has 0 aromatic carbocycles. The maximum atomic E-state index is 9.98. The highest BCUT2D eigenvalue weighted by Crippen LogP contribution is 1.95. The van der Waals surface area contributed by atoms with Crippen LogP contribution in [0, 0.1) is 0 Å². The van der Waals surface area contributed by atoms with Gasteiger partial charge in [-0.3, -0.25) is 0 Å². The average molecular weight is 282 g/mol. The third-order valence-corrected chi connectivity index (χ3v) is 1.71. The lowest BCUT2D eigenvalue weighted by Gasteiger charge is -2.07. The molecule has 106 valence electrons. The zero-order valence-electron chi connectivity index (χ0n) is 10.2. The van der Waals surface area contributed by atoms with Crippen LogP contribution in [0.4, 0.5) is 0 Å². The van der Waals surface area contributed by atoms with Gasteiger partial charge < -0.3 is 9.47 Å². The van der Waals surface area contributed by atoms with Crippen molar-refractivity contribution in [3.63, 3.8) is 0 Å². The molecule has 0 amide bonds. The Labute approximate surface area is 112 Å². The molecule has 0 heterocycles. The van der Waals surface area contributed by atoms with Gasteiger partial charge in [0.05, 0.1) is 26.4 Å². The van der Waals surface area contributed by atoms with Gasteiger partial charge in [-0.2, -0.15) is 20.0 Å². The van der Waals surface area contributed by atoms with Crippen LogP contribution in [0.2, 0.25) is 0 Å². The second kappa shape index (κ2) is 12.9. The lowest BCUT2D eigenvalue weighted by atomic mass is 10.5. The van der Waals surface area contributed by atoms with Gasteiger partial charge in [-0.25, -0.2) is 19.2 Å². The van der Waals surface area contributed by atoms with Crippen LogP contribution in [0.3, 0.4) is 0 Å². The van der Waals surface area contributed by atoms with Gasteiger partial charge in [0.1, 0.15) is 0 Å². The van der Waals surface area contributed by atoms with Crippen LogP contribution in [0.1, 0.15) is 0 Å². The molecule has 0 aromatic rings. The number of aliphatic imine (C=N–C) groups is 4. The Morgan fingerprint density at radius 1 is 0.650 bits per heavy atom. The van der Waals surface area contributed by atoms with Gasteiger partial charge in [0, 0.05) is 0 Å². The Bertz CT molecular complexity index is 390. The van der Waals surface area contributed by atoms with Gasteiger partial charge in [0.25, 0.3) is 0 Å². The van der Waals surface area contributed by atoms with E-state index in [2.05, 4.69) is 20.0 Å². The minimum atomic E-state index is -0.989. The van der Waals surface area contributed by atoms with Gasteiger partial charge in [-0.1, -0.05) is 0 Å². The molecule has 0 aliphatic heterocycles. The molecule has 0 fully saturated rings. The van der Waals surface area contributed by atoms with Crippen molar-refractivity contribution in [2.45, 2.75) is 12.3 Å². The van der Waals surface area contributed by atoms with Gasteiger partial charge in [-0.05, 0) is 0 Å². The summed E-state index contributed by atoms with van der Waals surface area (Å²) in [6, 6.07) is 0. The summed E-state index contributed by atoms with van der Waals surface area (Å²) < 4.78 is 10.0. The topological polar surface area (TPSA) is 136 Å². The first-order valence-electron chi connectivity index (χ1n) is 5.21. The van der Waals surface area contributed by atoms with Crippen LogP contribution in [-0.2, 0) is 28.7 Å². The molecule has 0 radical (unpaired) electrons. The van der Waals surface area contributed by atoms with Crippen molar-refractivity contribution in [1.82, 2.24) is 0 Å². The van der Waals surface area contributed by atoms with Crippen molar-refractivity contribution in [3.05, 3.63) is 0 Å². The summed E-state index contributed by atoms with van der Waals surface area (Å²) in [6.07, 6.45) is 2.99. The molecule has 0 bridgehead atoms. The number of isocyanates is 4. The first kappa shape index (κ1) is 17.4. The van der Waals surface area contributed by atoms with Crippen LogP contribution in [0.15, 0.2) is 20.0 Å². The summed E-state index contributed by atoms with van der Waals surface area (Å²) >= 11 is 0. The average Bonchev–Trinajstić information content (AvgIpc) is 2.43. The lowest BCUT2D eigenvalue weighted by molar-refractivity contribution is 0.0397. The standard InChI is InChI=1S/C10H10N4O6/c15-5-11-9(12-6-16)3-19-1-2-20-4-10(13-7-17)14-8-18/h9-10H,1-4H2. The highest BCUT2D eigenvalue weighted by atomic mass is 16.5. The quantitative estimate of drug-likeness (QED) is 0.271. The molecule has 20 heavy (non-hydrogen) atoms. The van der Waals surface area contributed by atoms with Crippen LogP contribution in [0.5, 0.6) is 0 Å². The maximum absolute atomic E-state index is 9.98. The molecule has 0 aliphatic carbocycles. The highest BCUT2D eigenvalue weighted by Gasteiger charge is 2.06. The van der Waals surface area contributed by atoms with Gasteiger partial charge in [-0.15, -0.1) is 0 Å². The molecule has 0 spiro atoms. The van der Waals surface area contributed by atoms with E-state index in [1.54, 1.807) is 0 Å². The SMILES string of the molecule is O=C=NC(COCCOCC(N=C=O)N=C=O)N=C=O. The normalized spacial score (nSPS) is 11.8. The van der Waals surface area contributed by atoms with Gasteiger partial charge in [0.15, 0.2) is 12.3 Å². The summed E-state index contributed by atoms with van der Waals surface area (Å²) in [5, 5.41) is 0. The summed E-state index contributed by atoms with van der Waals surface area (Å²) in [6.45, 7) is -0.0321. The molecule has 0 saturated heterocycles. The molecule has 0 unspecified atom stereocenters. The number of rotatable bonds is 11. The predicted molar refractivity (Wildman–Crippen MR) is 61.7 cm³/mol. The van der Waals surface area contributed by atoms with Crippen molar-refractivity contribution >= 4 is 24.3 Å². The summed E-state index contributed by atoms with van der Waals surface area (Å²) in [5.41, 5.74) is 0. The summed E-state index contributed by atoms with van der Waals surface area (Å²) in [5.74, 6) is 0. The number of nitrogens with zero attached hydrogens (tertiary/aromatic N) is 4. The Hall–Kier alpha value is -2.56. The van der Waals surface area contributed by atoms with E-state index < -0.39 is 12.3 Å². The molecule has 0 aromatic heterocycles. The van der Waals surface area contributed by atoms with E-state index in [1.807, 2.05) is 0 Å². The minimum absolute atomic E-state index is 0.0988. The zero-order valence-corrected chi connectivity index (χ0v) is 10.2. The fourth-order valence-electron chi connectivity index (χ4n) is 0.945. The van der Waals surface area contributed by atoms with E-state index >= 15 is 0 Å². The van der Waals surface area contributed by atoms with Crippen molar-refractivity contribution in [3.8, 4) is 0 Å². The number of hydrogen-bond acceptors (Lipinski definition) is 10. The third kappa shape index (κ3) is 9.47. The number of hydrogen-bond donors (Lipinski definition) is 0. The smallest absolute Gasteiger partial charge is 0.237 e. The Kier molecular flexibility index (Phi) is 11.2. The van der Waals surface area contributed by atoms with Crippen LogP contribution in [0.25, 0.3) is 0 Å². The van der Waals surface area contributed by atoms with Crippen molar-refractivity contribution < 1.29 is 28.7 Å². The Balaban J connectivity index is 3.85. The molecular formula is C10H10N4O6. The monoisotopic (exact) mass is 282 g/mol. The fraction of sp³-hybridized carbons (Fsp3) is 0.600. The maximum Gasteiger partial charge on any atom is 0.237 e. The summed E-state index contributed by atoms with van der Waals surface area (Å²) in [7, 11) is 0. The van der Waals surface area contributed by atoms with Crippen molar-refractivity contribution in [2.24, 2.45) is 20.0 Å². The van der Waals surface area contributed by atoms with Crippen LogP contribution in [-0.4, -0.2) is 63.1 Å². The number of carbonyl (C=O) groups excluding carboxylic acids is 4. The van der Waals surface area contributed by atoms with Crippen LogP contribution >= 0.6 is 0 Å². The molecule has 10 heteroatoms. The summed E-state index contributed by atoms with van der Waals surface area (Å²) in [4.78, 5) is 52.7. The Morgan fingerprint density at radius 2 is 0.950 bits per heavy atom. The molecule has 0 saturated carbocycles. The third-order valence-electron chi connectivity index (χ3n) is 1.71. The lowest BCUT2D eigenvalue weighted by Crippen LogP contribution is -2.16. The number of ether oxygens (including phenoxy) is 2. The fourth-order valence-corrected chi connectivity index (χ4v) is 0.945. The molecule has 10 nitrogen and oxygen atoms in total. The first-order chi connectivity index (χ1) is 9.78. The second-order valence-corrected chi connectivity index (χ2v) is 2.99. The van der Waals surface area contributed by atoms with E-state index in [0.29, 0.717) is 0 Å². The molecular weight excluding hydrogens is 272 g/mol. The van der Waals surface area contributed by atoms with E-state index in [0.717, 1.165) is 0 Å². The van der Waals surface area contributed by atoms with Gasteiger partial charge in [0.2, 0.25) is 24.3 Å². The van der Waals surface area contributed by atoms with Crippen LogP contribution < -0.4 is 0 Å². The predicted octanol–water partition coefficient (Wildman–Crippen LogP) is -0.985. The minimum Gasteiger partial charge on any atom is -0.375 e. The largest absolute Gasteiger partial charge is 0.375 e. The second-order valence-electron chi connectivity index (χ2n) is 2.99. The zero-order chi connectivity index (χ0) is 15.1. The van der Waals surface area contributed by atoms with E-state index in [9.17, 15) is 19.2 Å². The molecule has 0 rings (SSSR count). The van der Waals surface area contributed by atoms with E-state index in [-0.39, 0.29) is 26.4 Å².